The zero-order valence-electron chi connectivity index (χ0n) is 12.8. The summed E-state index contributed by atoms with van der Waals surface area (Å²) in [5.74, 6) is 0.408. The van der Waals surface area contributed by atoms with Crippen LogP contribution in [0, 0.1) is 11.3 Å². The van der Waals surface area contributed by atoms with Crippen molar-refractivity contribution in [1.82, 2.24) is 5.32 Å². The van der Waals surface area contributed by atoms with E-state index in [-0.39, 0.29) is 5.91 Å². The molecule has 1 aliphatic heterocycles. The van der Waals surface area contributed by atoms with Gasteiger partial charge in [-0.1, -0.05) is 18.2 Å². The van der Waals surface area contributed by atoms with E-state index in [0.717, 1.165) is 5.56 Å². The summed E-state index contributed by atoms with van der Waals surface area (Å²) in [5.41, 5.74) is 2.39. The van der Waals surface area contributed by atoms with Crippen LogP contribution in [-0.4, -0.2) is 18.1 Å². The molecule has 1 amide bonds. The summed E-state index contributed by atoms with van der Waals surface area (Å²) in [6, 6.07) is 16.1. The number of carbonyl (C=O) groups is 1. The lowest BCUT2D eigenvalue weighted by atomic mass is 10.1. The van der Waals surface area contributed by atoms with Crippen LogP contribution in [-0.2, 0) is 4.79 Å². The number of methoxy groups -OCH3 is 1. The maximum atomic E-state index is 12.7. The highest BCUT2D eigenvalue weighted by Crippen LogP contribution is 2.26. The molecule has 6 heteroatoms. The first-order valence-corrected chi connectivity index (χ1v) is 7.54. The van der Waals surface area contributed by atoms with Crippen molar-refractivity contribution in [1.29, 1.82) is 5.26 Å². The van der Waals surface area contributed by atoms with Crippen LogP contribution in [0.25, 0.3) is 6.08 Å². The van der Waals surface area contributed by atoms with Crippen molar-refractivity contribution in [2.24, 2.45) is 0 Å². The second-order valence-electron chi connectivity index (χ2n) is 5.06. The summed E-state index contributed by atoms with van der Waals surface area (Å²) in [5, 5.41) is 12.1. The third kappa shape index (κ3) is 2.98. The first kappa shape index (κ1) is 15.7. The van der Waals surface area contributed by atoms with Gasteiger partial charge in [0, 0.05) is 6.07 Å². The van der Waals surface area contributed by atoms with Crippen molar-refractivity contribution in [3.63, 3.8) is 0 Å². The third-order valence-electron chi connectivity index (χ3n) is 3.54. The first-order valence-electron chi connectivity index (χ1n) is 7.14. The molecule has 0 saturated carbocycles. The van der Waals surface area contributed by atoms with Gasteiger partial charge in [0.05, 0.1) is 24.4 Å². The fraction of sp³-hybridized carbons (Fsp3) is 0.0556. The molecule has 1 fully saturated rings. The molecule has 2 aromatic rings. The van der Waals surface area contributed by atoms with Gasteiger partial charge in [-0.05, 0) is 48.1 Å². The maximum Gasteiger partial charge on any atom is 0.281 e. The Bertz CT molecular complexity index is 882. The molecule has 0 atom stereocenters. The minimum atomic E-state index is -0.238. The second-order valence-corrected chi connectivity index (χ2v) is 5.45. The van der Waals surface area contributed by atoms with E-state index >= 15 is 0 Å². The normalized spacial score (nSPS) is 15.3. The van der Waals surface area contributed by atoms with Crippen molar-refractivity contribution >= 4 is 35.0 Å². The topological polar surface area (TPSA) is 65.4 Å². The molecule has 24 heavy (non-hydrogen) atoms. The number of anilines is 1. The molecule has 5 nitrogen and oxygen atoms in total. The SMILES string of the molecule is COc1cccc(N2C(=O)/C(=C/c3ccc(C#N)cc3)NC2=S)c1. The number of hydrogen-bond acceptors (Lipinski definition) is 4. The Morgan fingerprint density at radius 2 is 2.00 bits per heavy atom. The van der Waals surface area contributed by atoms with Gasteiger partial charge in [0.25, 0.3) is 5.91 Å². The number of benzene rings is 2. The summed E-state index contributed by atoms with van der Waals surface area (Å²) in [7, 11) is 1.57. The van der Waals surface area contributed by atoms with Gasteiger partial charge in [0.15, 0.2) is 5.11 Å². The van der Waals surface area contributed by atoms with E-state index in [1.165, 1.54) is 4.90 Å². The number of ether oxygens (including phenoxy) is 1. The highest BCUT2D eigenvalue weighted by molar-refractivity contribution is 7.80. The molecule has 1 saturated heterocycles. The number of hydrogen-bond donors (Lipinski definition) is 1. The lowest BCUT2D eigenvalue weighted by Gasteiger charge is -2.14. The Morgan fingerprint density at radius 1 is 1.25 bits per heavy atom. The smallest absolute Gasteiger partial charge is 0.281 e. The van der Waals surface area contributed by atoms with E-state index in [9.17, 15) is 4.79 Å². The Morgan fingerprint density at radius 3 is 2.67 bits per heavy atom. The standard InChI is InChI=1S/C18H13N3O2S/c1-23-15-4-2-3-14(10-15)21-17(22)16(20-18(21)24)9-12-5-7-13(11-19)8-6-12/h2-10H,1H3,(H,20,24)/b16-9-. The van der Waals surface area contributed by atoms with Gasteiger partial charge in [-0.2, -0.15) is 5.26 Å². The van der Waals surface area contributed by atoms with Crippen LogP contribution in [0.3, 0.4) is 0 Å². The molecular formula is C18H13N3O2S. The van der Waals surface area contributed by atoms with Crippen LogP contribution < -0.4 is 15.0 Å². The predicted molar refractivity (Wildman–Crippen MR) is 95.3 cm³/mol. The molecule has 2 aromatic carbocycles. The lowest BCUT2D eigenvalue weighted by molar-refractivity contribution is -0.113. The number of nitrogens with zero attached hydrogens (tertiary/aromatic N) is 2. The van der Waals surface area contributed by atoms with Crippen LogP contribution >= 0.6 is 12.2 Å². The van der Waals surface area contributed by atoms with Crippen LogP contribution in [0.2, 0.25) is 0 Å². The highest BCUT2D eigenvalue weighted by Gasteiger charge is 2.32. The van der Waals surface area contributed by atoms with Crippen molar-refractivity contribution in [2.45, 2.75) is 0 Å². The van der Waals surface area contributed by atoms with Gasteiger partial charge in [-0.25, -0.2) is 0 Å². The minimum Gasteiger partial charge on any atom is -0.497 e. The Labute approximate surface area is 144 Å². The summed E-state index contributed by atoms with van der Waals surface area (Å²) < 4.78 is 5.19. The van der Waals surface area contributed by atoms with Gasteiger partial charge in [-0.15, -0.1) is 0 Å². The second kappa shape index (κ2) is 6.52. The van der Waals surface area contributed by atoms with Crippen LogP contribution in [0.5, 0.6) is 5.75 Å². The summed E-state index contributed by atoms with van der Waals surface area (Å²) >= 11 is 5.28. The van der Waals surface area contributed by atoms with E-state index in [4.69, 9.17) is 22.2 Å². The van der Waals surface area contributed by atoms with E-state index in [2.05, 4.69) is 11.4 Å². The number of carbonyl (C=O) groups excluding carboxylic acids is 1. The third-order valence-corrected chi connectivity index (χ3v) is 3.83. The fourth-order valence-electron chi connectivity index (χ4n) is 2.34. The maximum absolute atomic E-state index is 12.7. The van der Waals surface area contributed by atoms with E-state index < -0.39 is 0 Å². The van der Waals surface area contributed by atoms with Gasteiger partial charge < -0.3 is 10.1 Å². The van der Waals surface area contributed by atoms with Crippen molar-refractivity contribution in [2.75, 3.05) is 12.0 Å². The predicted octanol–water partition coefficient (Wildman–Crippen LogP) is 2.83. The quantitative estimate of drug-likeness (QED) is 0.690. The molecule has 118 valence electrons. The highest BCUT2D eigenvalue weighted by atomic mass is 32.1. The van der Waals surface area contributed by atoms with Crippen LogP contribution in [0.4, 0.5) is 5.69 Å². The molecular weight excluding hydrogens is 322 g/mol. The zero-order valence-corrected chi connectivity index (χ0v) is 13.6. The molecule has 1 N–H and O–H groups in total. The Kier molecular flexibility index (Phi) is 4.27. The van der Waals surface area contributed by atoms with Gasteiger partial charge in [-0.3, -0.25) is 9.69 Å². The van der Waals surface area contributed by atoms with Crippen LogP contribution in [0.15, 0.2) is 54.2 Å². The molecule has 0 spiro atoms. The van der Waals surface area contributed by atoms with Gasteiger partial charge in [0.1, 0.15) is 11.4 Å². The van der Waals surface area contributed by atoms with E-state index in [1.54, 1.807) is 61.7 Å². The zero-order chi connectivity index (χ0) is 17.1. The minimum absolute atomic E-state index is 0.238. The molecule has 1 heterocycles. The molecule has 0 radical (unpaired) electrons. The van der Waals surface area contributed by atoms with Crippen molar-refractivity contribution < 1.29 is 9.53 Å². The summed E-state index contributed by atoms with van der Waals surface area (Å²) in [6.45, 7) is 0. The van der Waals surface area contributed by atoms with Gasteiger partial charge >= 0.3 is 0 Å². The fourth-order valence-corrected chi connectivity index (χ4v) is 2.64. The monoisotopic (exact) mass is 335 g/mol. The number of amides is 1. The molecule has 0 aliphatic carbocycles. The van der Waals surface area contributed by atoms with Crippen LogP contribution in [0.1, 0.15) is 11.1 Å². The van der Waals surface area contributed by atoms with E-state index in [0.29, 0.717) is 27.8 Å². The number of nitriles is 1. The molecule has 1 aliphatic rings. The molecule has 3 rings (SSSR count). The number of rotatable bonds is 3. The molecule has 0 aromatic heterocycles. The number of thiocarbonyl (C=S) groups is 1. The van der Waals surface area contributed by atoms with Crippen molar-refractivity contribution in [3.8, 4) is 11.8 Å². The average Bonchev–Trinajstić information content (AvgIpc) is 2.89. The first-order chi connectivity index (χ1) is 11.6. The van der Waals surface area contributed by atoms with E-state index in [1.807, 2.05) is 0 Å². The molecule has 0 unspecified atom stereocenters. The lowest BCUT2D eigenvalue weighted by Crippen LogP contribution is -2.30. The molecule has 0 bridgehead atoms. The summed E-state index contributed by atoms with van der Waals surface area (Å²) in [4.78, 5) is 14.1. The Balaban J connectivity index is 1.90. The van der Waals surface area contributed by atoms with Crippen molar-refractivity contribution in [3.05, 3.63) is 65.4 Å². The summed E-state index contributed by atoms with van der Waals surface area (Å²) in [6.07, 6.45) is 1.70. The van der Waals surface area contributed by atoms with Gasteiger partial charge in [0.2, 0.25) is 0 Å². The Hall–Kier alpha value is -3.17. The largest absolute Gasteiger partial charge is 0.497 e. The number of nitrogens with one attached hydrogen (secondary N) is 1. The average molecular weight is 335 g/mol.